The van der Waals surface area contributed by atoms with Gasteiger partial charge in [-0.3, -0.25) is 14.4 Å². The Balaban J connectivity index is 1.52. The molecule has 0 spiro atoms. The minimum atomic E-state index is -0.853. The number of hydrogen-bond acceptors (Lipinski definition) is 5. The third-order valence-corrected chi connectivity index (χ3v) is 4.99. The molecule has 1 aliphatic carbocycles. The van der Waals surface area contributed by atoms with Crippen LogP contribution in [0.4, 0.5) is 4.79 Å². The third kappa shape index (κ3) is 5.29. The van der Waals surface area contributed by atoms with E-state index in [1.54, 1.807) is 0 Å². The molecule has 1 atom stereocenters. The zero-order valence-corrected chi connectivity index (χ0v) is 17.2. The number of benzene rings is 2. The normalized spacial score (nSPS) is 12.8. The highest BCUT2D eigenvalue weighted by Crippen LogP contribution is 2.44. The Hall–Kier alpha value is -3.65. The maximum Gasteiger partial charge on any atom is 0.407 e. The van der Waals surface area contributed by atoms with Crippen molar-refractivity contribution in [3.8, 4) is 11.1 Å². The lowest BCUT2D eigenvalue weighted by Gasteiger charge is -2.17. The molecule has 3 N–H and O–H groups in total. The van der Waals surface area contributed by atoms with Crippen LogP contribution < -0.4 is 16.1 Å². The van der Waals surface area contributed by atoms with Gasteiger partial charge in [0.2, 0.25) is 5.91 Å². The molecule has 0 bridgehead atoms. The first kappa shape index (κ1) is 22.0. The largest absolute Gasteiger partial charge is 0.449 e. The molecular formula is C23H25N3O5. The van der Waals surface area contributed by atoms with Crippen LogP contribution in [0, 0.1) is 0 Å². The first-order chi connectivity index (χ1) is 15.0. The average Bonchev–Trinajstić information content (AvgIpc) is 3.10. The Morgan fingerprint density at radius 1 is 1.06 bits per heavy atom. The molecule has 0 radical (unpaired) electrons. The SMILES string of the molecule is C=CCC(NC(=O)CNC(=O)OCC1c2ccccc2-c2ccccc21)C(=O)NOC. The van der Waals surface area contributed by atoms with Gasteiger partial charge >= 0.3 is 6.09 Å². The lowest BCUT2D eigenvalue weighted by Crippen LogP contribution is -2.49. The van der Waals surface area contributed by atoms with Crippen LogP contribution in [0.2, 0.25) is 0 Å². The van der Waals surface area contributed by atoms with Gasteiger partial charge in [0.25, 0.3) is 5.91 Å². The highest BCUT2D eigenvalue weighted by Gasteiger charge is 2.29. The van der Waals surface area contributed by atoms with E-state index in [0.717, 1.165) is 22.3 Å². The summed E-state index contributed by atoms with van der Waals surface area (Å²) in [6.07, 6.45) is 1.00. The number of carbonyl (C=O) groups excluding carboxylic acids is 3. The standard InChI is InChI=1S/C23H25N3O5/c1-3-8-20(22(28)26-30-2)25-21(27)13-24-23(29)31-14-19-17-11-6-4-9-15(17)16-10-5-7-12-18(16)19/h3-7,9-12,19-20H,1,8,13-14H2,2H3,(H,24,29)(H,25,27)(H,26,28). The molecule has 3 rings (SSSR count). The fourth-order valence-electron chi connectivity index (χ4n) is 3.62. The van der Waals surface area contributed by atoms with Gasteiger partial charge in [0.1, 0.15) is 19.2 Å². The number of hydrogen-bond donors (Lipinski definition) is 3. The molecule has 8 nitrogen and oxygen atoms in total. The van der Waals surface area contributed by atoms with Crippen molar-refractivity contribution in [3.63, 3.8) is 0 Å². The molecule has 1 unspecified atom stereocenters. The van der Waals surface area contributed by atoms with Crippen LogP contribution in [0.5, 0.6) is 0 Å². The molecule has 1 aliphatic rings. The molecule has 0 aliphatic heterocycles. The minimum Gasteiger partial charge on any atom is -0.449 e. The van der Waals surface area contributed by atoms with Crippen LogP contribution in [-0.4, -0.2) is 44.2 Å². The van der Waals surface area contributed by atoms with Crippen molar-refractivity contribution in [2.24, 2.45) is 0 Å². The lowest BCUT2D eigenvalue weighted by molar-refractivity contribution is -0.136. The molecule has 162 valence electrons. The Labute approximate surface area is 180 Å². The quantitative estimate of drug-likeness (QED) is 0.424. The summed E-state index contributed by atoms with van der Waals surface area (Å²) in [5.41, 5.74) is 6.63. The molecule has 0 fully saturated rings. The smallest absolute Gasteiger partial charge is 0.407 e. The monoisotopic (exact) mass is 423 g/mol. The summed E-state index contributed by atoms with van der Waals surface area (Å²) < 4.78 is 5.38. The van der Waals surface area contributed by atoms with E-state index in [4.69, 9.17) is 4.74 Å². The lowest BCUT2D eigenvalue weighted by atomic mass is 9.98. The molecular weight excluding hydrogens is 398 g/mol. The second-order valence-electron chi connectivity index (χ2n) is 6.99. The average molecular weight is 423 g/mol. The number of ether oxygens (including phenoxy) is 1. The van der Waals surface area contributed by atoms with E-state index < -0.39 is 23.9 Å². The Bertz CT molecular complexity index is 930. The molecule has 31 heavy (non-hydrogen) atoms. The van der Waals surface area contributed by atoms with Gasteiger partial charge in [0.05, 0.1) is 7.11 Å². The maximum absolute atomic E-state index is 12.1. The van der Waals surface area contributed by atoms with Gasteiger partial charge < -0.3 is 15.4 Å². The molecule has 3 amide bonds. The zero-order valence-electron chi connectivity index (χ0n) is 17.2. The van der Waals surface area contributed by atoms with Crippen molar-refractivity contribution in [1.29, 1.82) is 0 Å². The summed E-state index contributed by atoms with van der Waals surface area (Å²) in [6.45, 7) is 3.38. The van der Waals surface area contributed by atoms with Crippen LogP contribution in [0.25, 0.3) is 11.1 Å². The van der Waals surface area contributed by atoms with Gasteiger partial charge in [-0.2, -0.15) is 0 Å². The van der Waals surface area contributed by atoms with E-state index in [9.17, 15) is 14.4 Å². The predicted octanol–water partition coefficient (Wildman–Crippen LogP) is 2.26. The highest BCUT2D eigenvalue weighted by molar-refractivity contribution is 5.89. The topological polar surface area (TPSA) is 106 Å². The van der Waals surface area contributed by atoms with E-state index in [1.165, 1.54) is 13.2 Å². The van der Waals surface area contributed by atoms with Gasteiger partial charge in [-0.1, -0.05) is 54.6 Å². The van der Waals surface area contributed by atoms with Crippen molar-refractivity contribution in [2.45, 2.75) is 18.4 Å². The van der Waals surface area contributed by atoms with Gasteiger partial charge in [-0.05, 0) is 28.7 Å². The van der Waals surface area contributed by atoms with Gasteiger partial charge in [-0.25, -0.2) is 10.3 Å². The summed E-state index contributed by atoms with van der Waals surface area (Å²) in [7, 11) is 1.30. The highest BCUT2D eigenvalue weighted by atomic mass is 16.6. The molecule has 0 saturated heterocycles. The summed E-state index contributed by atoms with van der Waals surface area (Å²) >= 11 is 0. The number of carbonyl (C=O) groups is 3. The van der Waals surface area contributed by atoms with Crippen molar-refractivity contribution in [3.05, 3.63) is 72.3 Å². The molecule has 2 aromatic carbocycles. The number of amides is 3. The minimum absolute atomic E-state index is 0.0679. The fraction of sp³-hybridized carbons (Fsp3) is 0.261. The van der Waals surface area contributed by atoms with E-state index in [-0.39, 0.29) is 25.5 Å². The van der Waals surface area contributed by atoms with Crippen molar-refractivity contribution in [2.75, 3.05) is 20.3 Å². The van der Waals surface area contributed by atoms with Crippen molar-refractivity contribution >= 4 is 17.9 Å². The van der Waals surface area contributed by atoms with Crippen LogP contribution >= 0.6 is 0 Å². The fourth-order valence-corrected chi connectivity index (χ4v) is 3.62. The zero-order chi connectivity index (χ0) is 22.2. The van der Waals surface area contributed by atoms with Crippen molar-refractivity contribution in [1.82, 2.24) is 16.1 Å². The van der Waals surface area contributed by atoms with E-state index >= 15 is 0 Å². The molecule has 8 heteroatoms. The van der Waals surface area contributed by atoms with Crippen LogP contribution in [0.15, 0.2) is 61.2 Å². The van der Waals surface area contributed by atoms with Crippen molar-refractivity contribution < 1.29 is 24.0 Å². The number of nitrogens with one attached hydrogen (secondary N) is 3. The first-order valence-corrected chi connectivity index (χ1v) is 9.87. The summed E-state index contributed by atoms with van der Waals surface area (Å²) in [6, 6.07) is 15.2. The predicted molar refractivity (Wildman–Crippen MR) is 115 cm³/mol. The molecule has 0 saturated carbocycles. The van der Waals surface area contributed by atoms with Crippen LogP contribution in [0.1, 0.15) is 23.5 Å². The number of rotatable bonds is 9. The van der Waals surface area contributed by atoms with Crippen LogP contribution in [-0.2, 0) is 19.2 Å². The van der Waals surface area contributed by atoms with Gasteiger partial charge in [0, 0.05) is 5.92 Å². The van der Waals surface area contributed by atoms with Gasteiger partial charge in [-0.15, -0.1) is 6.58 Å². The van der Waals surface area contributed by atoms with Gasteiger partial charge in [0.15, 0.2) is 0 Å². The second-order valence-corrected chi connectivity index (χ2v) is 6.99. The number of alkyl carbamates (subject to hydrolysis) is 1. The van der Waals surface area contributed by atoms with E-state index in [1.807, 2.05) is 36.4 Å². The Kier molecular flexibility index (Phi) is 7.40. The summed E-state index contributed by atoms with van der Waals surface area (Å²) in [5.74, 6) is -1.12. The Morgan fingerprint density at radius 2 is 1.68 bits per heavy atom. The molecule has 0 aromatic heterocycles. The molecule has 0 heterocycles. The number of hydroxylamine groups is 1. The third-order valence-electron chi connectivity index (χ3n) is 4.99. The first-order valence-electron chi connectivity index (χ1n) is 9.87. The van der Waals surface area contributed by atoms with E-state index in [0.29, 0.717) is 0 Å². The van der Waals surface area contributed by atoms with E-state index in [2.05, 4.69) is 39.7 Å². The number of fused-ring (bicyclic) bond motifs is 3. The molecule has 2 aromatic rings. The Morgan fingerprint density at radius 3 is 2.26 bits per heavy atom. The maximum atomic E-state index is 12.1. The van der Waals surface area contributed by atoms with Crippen LogP contribution in [0.3, 0.4) is 0 Å². The summed E-state index contributed by atoms with van der Waals surface area (Å²) in [4.78, 5) is 40.7. The second kappa shape index (κ2) is 10.4. The summed E-state index contributed by atoms with van der Waals surface area (Å²) in [5, 5.41) is 4.92.